The molecule has 3 aromatic rings. The fourth-order valence-electron chi connectivity index (χ4n) is 4.10. The molecule has 1 fully saturated rings. The Kier molecular flexibility index (Phi) is 7.03. The third-order valence-electron chi connectivity index (χ3n) is 5.82. The maximum atomic E-state index is 12.5. The minimum Gasteiger partial charge on any atom is -0.493 e. The van der Waals surface area contributed by atoms with Gasteiger partial charge in [0.05, 0.1) is 21.9 Å². The van der Waals surface area contributed by atoms with Crippen LogP contribution in [0, 0.1) is 6.92 Å². The zero-order valence-corrected chi connectivity index (χ0v) is 20.5. The minimum atomic E-state index is -0.973. The number of aryl methyl sites for hydroxylation is 1. The second-order valence-electron chi connectivity index (χ2n) is 8.00. The predicted octanol–water partition coefficient (Wildman–Crippen LogP) is 3.68. The Labute approximate surface area is 209 Å². The fraction of sp³-hybridized carbons (Fsp3) is 0.240. The smallest absolute Gasteiger partial charge is 0.335 e. The number of aromatic amines is 1. The van der Waals surface area contributed by atoms with E-state index in [9.17, 15) is 19.5 Å². The van der Waals surface area contributed by atoms with E-state index in [1.165, 1.54) is 17.0 Å². The summed E-state index contributed by atoms with van der Waals surface area (Å²) in [5.41, 5.74) is 2.48. The van der Waals surface area contributed by atoms with Crippen LogP contribution in [0.3, 0.4) is 0 Å². The Hall–Kier alpha value is -3.18. The van der Waals surface area contributed by atoms with Gasteiger partial charge < -0.3 is 14.6 Å². The van der Waals surface area contributed by atoms with Crippen molar-refractivity contribution >= 4 is 28.6 Å². The van der Waals surface area contributed by atoms with Crippen LogP contribution in [0.25, 0.3) is 11.1 Å². The lowest BCUT2D eigenvalue weighted by Crippen LogP contribution is -2.38. The molecule has 0 aliphatic carbocycles. The van der Waals surface area contributed by atoms with Crippen LogP contribution >= 0.6 is 22.6 Å². The summed E-state index contributed by atoms with van der Waals surface area (Å²) in [6, 6.07) is 14.6. The summed E-state index contributed by atoms with van der Waals surface area (Å²) < 4.78 is 13.3. The summed E-state index contributed by atoms with van der Waals surface area (Å²) in [5.74, 6) is -0.973. The first-order chi connectivity index (χ1) is 16.3. The number of alkyl halides is 1. The number of H-pyrrole nitrogens is 1. The van der Waals surface area contributed by atoms with Gasteiger partial charge in [-0.25, -0.2) is 9.59 Å². The van der Waals surface area contributed by atoms with Crippen LogP contribution in [0.1, 0.15) is 27.7 Å². The highest BCUT2D eigenvalue weighted by atomic mass is 127. The van der Waals surface area contributed by atoms with Crippen LogP contribution < -0.4 is 11.2 Å². The van der Waals surface area contributed by atoms with Crippen molar-refractivity contribution in [1.29, 1.82) is 0 Å². The van der Waals surface area contributed by atoms with E-state index in [1.54, 1.807) is 31.2 Å². The highest BCUT2D eigenvalue weighted by Crippen LogP contribution is 2.38. The lowest BCUT2D eigenvalue weighted by Gasteiger charge is -2.21. The van der Waals surface area contributed by atoms with Gasteiger partial charge in [-0.05, 0) is 35.7 Å². The summed E-state index contributed by atoms with van der Waals surface area (Å²) in [5, 5.41) is 9.18. The van der Waals surface area contributed by atoms with Gasteiger partial charge in [-0.1, -0.05) is 65.6 Å². The average molecular weight is 574 g/mol. The van der Waals surface area contributed by atoms with Gasteiger partial charge in [-0.2, -0.15) is 0 Å². The summed E-state index contributed by atoms with van der Waals surface area (Å²) in [7, 11) is 0. The van der Waals surface area contributed by atoms with E-state index in [1.807, 2.05) is 24.3 Å². The molecular weight excluding hydrogens is 551 g/mol. The normalized spacial score (nSPS) is 21.8. The van der Waals surface area contributed by atoms with Crippen molar-refractivity contribution in [3.8, 4) is 11.1 Å². The van der Waals surface area contributed by atoms with E-state index < -0.39 is 29.6 Å². The molecule has 8 nitrogen and oxygen atoms in total. The molecule has 1 saturated heterocycles. The SMILES string of the molecule is C=CO[C@@H]1[C@@H](I)[C@@H](Cc2ccccc2-c2ccc(C(=O)O)cc2)O[C@H]1n1cc(C)c(=O)[nH]c1=O. The molecule has 0 bridgehead atoms. The van der Waals surface area contributed by atoms with Crippen molar-refractivity contribution in [2.45, 2.75) is 35.7 Å². The Morgan fingerprint density at radius 2 is 1.94 bits per heavy atom. The van der Waals surface area contributed by atoms with Crippen LogP contribution in [0.5, 0.6) is 0 Å². The van der Waals surface area contributed by atoms with E-state index in [2.05, 4.69) is 34.2 Å². The molecule has 4 atom stereocenters. The average Bonchev–Trinajstić information content (AvgIpc) is 3.12. The summed E-state index contributed by atoms with van der Waals surface area (Å²) in [6.07, 6.45) is 1.82. The molecule has 2 aromatic carbocycles. The molecule has 2 N–H and O–H groups in total. The molecule has 9 heteroatoms. The largest absolute Gasteiger partial charge is 0.493 e. The van der Waals surface area contributed by atoms with Gasteiger partial charge in [0.2, 0.25) is 0 Å². The molecule has 0 unspecified atom stereocenters. The monoisotopic (exact) mass is 574 g/mol. The van der Waals surface area contributed by atoms with Crippen molar-refractivity contribution in [3.63, 3.8) is 0 Å². The number of benzene rings is 2. The van der Waals surface area contributed by atoms with Crippen molar-refractivity contribution in [2.24, 2.45) is 0 Å². The van der Waals surface area contributed by atoms with Gasteiger partial charge >= 0.3 is 11.7 Å². The lowest BCUT2D eigenvalue weighted by atomic mass is 9.94. The van der Waals surface area contributed by atoms with Crippen molar-refractivity contribution in [1.82, 2.24) is 9.55 Å². The number of aromatic nitrogens is 2. The first kappa shape index (κ1) is 24.0. The Morgan fingerprint density at radius 3 is 2.62 bits per heavy atom. The van der Waals surface area contributed by atoms with Crippen molar-refractivity contribution < 1.29 is 19.4 Å². The number of nitrogens with zero attached hydrogens (tertiary/aromatic N) is 1. The molecule has 0 spiro atoms. The zero-order chi connectivity index (χ0) is 24.4. The van der Waals surface area contributed by atoms with Crippen LogP contribution in [0.15, 0.2) is 77.2 Å². The van der Waals surface area contributed by atoms with Gasteiger partial charge in [0, 0.05) is 18.2 Å². The molecule has 0 amide bonds. The highest BCUT2D eigenvalue weighted by molar-refractivity contribution is 14.1. The Bertz CT molecular complexity index is 1330. The molecule has 1 aromatic heterocycles. The van der Waals surface area contributed by atoms with Crippen LogP contribution in [-0.4, -0.2) is 36.8 Å². The van der Waals surface area contributed by atoms with Gasteiger partial charge in [0.25, 0.3) is 5.56 Å². The third kappa shape index (κ3) is 4.71. The van der Waals surface area contributed by atoms with E-state index in [-0.39, 0.29) is 15.6 Å². The number of rotatable bonds is 7. The predicted molar refractivity (Wildman–Crippen MR) is 135 cm³/mol. The molecule has 0 radical (unpaired) electrons. The van der Waals surface area contributed by atoms with E-state index in [0.717, 1.165) is 16.7 Å². The second-order valence-corrected chi connectivity index (χ2v) is 9.44. The third-order valence-corrected chi connectivity index (χ3v) is 7.33. The van der Waals surface area contributed by atoms with Crippen LogP contribution in [0.2, 0.25) is 0 Å². The number of carbonyl (C=O) groups is 1. The Balaban J connectivity index is 1.66. The Morgan fingerprint density at radius 1 is 1.24 bits per heavy atom. The standard InChI is InChI=1S/C25H23IN2O6/c1-3-33-21-20(26)19(34-23(21)28-13-14(2)22(29)27-25(28)32)12-17-6-4-5-7-18(17)15-8-10-16(11-9-15)24(30)31/h3-11,13,19-21,23H,1,12H2,2H3,(H,30,31)(H,27,29,32)/t19-,20+,21-,23-/m1/s1. The number of hydrogen-bond donors (Lipinski definition) is 2. The zero-order valence-electron chi connectivity index (χ0n) is 18.3. The van der Waals surface area contributed by atoms with Crippen LogP contribution in [-0.2, 0) is 15.9 Å². The number of carboxylic acids is 1. The maximum absolute atomic E-state index is 12.5. The summed E-state index contributed by atoms with van der Waals surface area (Å²) >= 11 is 2.26. The van der Waals surface area contributed by atoms with E-state index in [4.69, 9.17) is 9.47 Å². The lowest BCUT2D eigenvalue weighted by molar-refractivity contribution is -0.0430. The molecule has 0 saturated carbocycles. The molecule has 2 heterocycles. The number of nitrogens with one attached hydrogen (secondary N) is 1. The number of carboxylic acid groups (broad SMARTS) is 1. The van der Waals surface area contributed by atoms with Gasteiger partial charge in [0.15, 0.2) is 12.3 Å². The van der Waals surface area contributed by atoms with Crippen molar-refractivity contribution in [2.75, 3.05) is 0 Å². The topological polar surface area (TPSA) is 111 Å². The van der Waals surface area contributed by atoms with Crippen molar-refractivity contribution in [3.05, 3.63) is 105 Å². The van der Waals surface area contributed by atoms with Gasteiger partial charge in [0.1, 0.15) is 0 Å². The molecule has 34 heavy (non-hydrogen) atoms. The van der Waals surface area contributed by atoms with E-state index in [0.29, 0.717) is 12.0 Å². The molecular formula is C25H23IN2O6. The quantitative estimate of drug-likeness (QED) is 0.253. The molecule has 4 rings (SSSR count). The first-order valence-corrected chi connectivity index (χ1v) is 11.8. The number of halogens is 1. The van der Waals surface area contributed by atoms with Gasteiger partial charge in [-0.3, -0.25) is 14.3 Å². The molecule has 1 aliphatic rings. The minimum absolute atomic E-state index is 0.123. The molecule has 176 valence electrons. The number of hydrogen-bond acceptors (Lipinski definition) is 5. The summed E-state index contributed by atoms with van der Waals surface area (Å²) in [6.45, 7) is 5.28. The number of ether oxygens (including phenoxy) is 2. The van der Waals surface area contributed by atoms with Crippen LogP contribution in [0.4, 0.5) is 0 Å². The summed E-state index contributed by atoms with van der Waals surface area (Å²) in [4.78, 5) is 37.9. The van der Waals surface area contributed by atoms with E-state index >= 15 is 0 Å². The first-order valence-electron chi connectivity index (χ1n) is 10.6. The number of aromatic carboxylic acids is 1. The molecule has 1 aliphatic heterocycles. The van der Waals surface area contributed by atoms with Gasteiger partial charge in [-0.15, -0.1) is 0 Å². The highest BCUT2D eigenvalue weighted by Gasteiger charge is 2.46. The second kappa shape index (κ2) is 9.98. The fourth-order valence-corrected chi connectivity index (χ4v) is 5.05. The maximum Gasteiger partial charge on any atom is 0.335 e.